The molecule has 0 atom stereocenters. The highest BCUT2D eigenvalue weighted by molar-refractivity contribution is 6.93. The fraction of sp³-hybridized carbons (Fsp3) is 0.673. The summed E-state index contributed by atoms with van der Waals surface area (Å²) in [5, 5.41) is 50.4. The van der Waals surface area contributed by atoms with Gasteiger partial charge in [-0.3, -0.25) is 40.7 Å². The van der Waals surface area contributed by atoms with Crippen molar-refractivity contribution in [1.82, 2.24) is 5.43 Å². The summed E-state index contributed by atoms with van der Waals surface area (Å²) in [7, 11) is 0. The normalized spacial score (nSPS) is 17.8. The van der Waals surface area contributed by atoms with Crippen LogP contribution in [-0.2, 0) is 47.6 Å². The van der Waals surface area contributed by atoms with Crippen molar-refractivity contribution in [2.75, 3.05) is 76.9 Å². The van der Waals surface area contributed by atoms with Crippen LogP contribution in [-0.4, -0.2) is 147 Å². The molecule has 0 unspecified atom stereocenters. The number of nitrogen functional groups attached to an aromatic ring is 1. The molecule has 1 amide bonds. The molecule has 0 saturated carbocycles. The van der Waals surface area contributed by atoms with Crippen molar-refractivity contribution >= 4 is 74.0 Å². The van der Waals surface area contributed by atoms with E-state index in [0.29, 0.717) is 31.8 Å². The molecule has 0 radical (unpaired) electrons. The Labute approximate surface area is 470 Å². The number of amides is 1. The zero-order chi connectivity index (χ0) is 60.0. The molecular formula is C52H91Cl3N4O18. The summed E-state index contributed by atoms with van der Waals surface area (Å²) in [6.45, 7) is 30.4. The van der Waals surface area contributed by atoms with Gasteiger partial charge in [0, 0.05) is 11.1 Å². The third kappa shape index (κ3) is 37.6. The highest BCUT2D eigenvalue weighted by atomic mass is 35.5. The zero-order valence-electron chi connectivity index (χ0n) is 47.7. The van der Waals surface area contributed by atoms with E-state index in [0.717, 1.165) is 11.4 Å². The smallest absolute Gasteiger partial charge is 0.314 e. The van der Waals surface area contributed by atoms with E-state index >= 15 is 0 Å². The van der Waals surface area contributed by atoms with Crippen LogP contribution in [0, 0.1) is 32.5 Å². The van der Waals surface area contributed by atoms with Gasteiger partial charge in [-0.1, -0.05) is 77.9 Å². The standard InChI is InChI=1S/C14H20N2O3.C8H13ClO3.C8H14O4.C6H8N2.C5H10O4.C5H12O2.C5H12.CCl2O.H2O/c1-13(2)18-9-14(3,10-19-13)12(17)16-15-11-7-5-4-6-8-11;2*1-7(2)11-4-8(3,5-12-7)6(9)10;7-8-6-4-2-1-3-5-6;1-5(2-6,3-7)4(8)9;1-5(2,3-6)4-7;1-5(2,3)4;2-1(3)4;/h4-8,15H,9-10H2,1-3H3,(H,16,17);4-5H2,1-3H3;4-5H2,1-3H3,(H,9,10);1-5,8H,7H2;6-7H,2-3H2,1H3,(H,8,9);6-7H,3-4H2,1-2H3;1-4H3;;1H2. The molecule has 3 aliphatic rings. The molecular weight excluding hydrogens is 1070 g/mol. The molecule has 0 aliphatic carbocycles. The number of aliphatic hydroxyl groups is 4. The molecule has 3 aliphatic heterocycles. The number of carbonyl (C=O) groups is 5. The van der Waals surface area contributed by atoms with E-state index in [1.54, 1.807) is 41.5 Å². The van der Waals surface area contributed by atoms with Crippen molar-refractivity contribution in [3.63, 3.8) is 0 Å². The summed E-state index contributed by atoms with van der Waals surface area (Å²) in [5.74, 6) is 1.04. The molecule has 13 N–H and O–H groups in total. The Morgan fingerprint density at radius 1 is 0.532 bits per heavy atom. The van der Waals surface area contributed by atoms with Crippen molar-refractivity contribution in [3.8, 4) is 0 Å². The molecule has 0 bridgehead atoms. The van der Waals surface area contributed by atoms with Gasteiger partial charge in [0.25, 0.3) is 0 Å². The van der Waals surface area contributed by atoms with Gasteiger partial charge >= 0.3 is 16.6 Å². The summed E-state index contributed by atoms with van der Waals surface area (Å²) in [6, 6.07) is 19.1. The first kappa shape index (κ1) is 79.7. The quantitative estimate of drug-likeness (QED) is 0.0605. The molecule has 3 heterocycles. The van der Waals surface area contributed by atoms with Gasteiger partial charge < -0.3 is 70.0 Å². The van der Waals surface area contributed by atoms with Gasteiger partial charge in [0.15, 0.2) is 17.4 Å². The van der Waals surface area contributed by atoms with Crippen LogP contribution in [0.1, 0.15) is 111 Å². The predicted molar refractivity (Wildman–Crippen MR) is 297 cm³/mol. The van der Waals surface area contributed by atoms with Gasteiger partial charge in [0.1, 0.15) is 10.8 Å². The summed E-state index contributed by atoms with van der Waals surface area (Å²) in [4.78, 5) is 53.0. The van der Waals surface area contributed by atoms with Crippen LogP contribution in [0.25, 0.3) is 0 Å². The average molecular weight is 1170 g/mol. The van der Waals surface area contributed by atoms with Crippen molar-refractivity contribution in [3.05, 3.63) is 60.7 Å². The number of para-hydroxylation sites is 2. The molecule has 0 aromatic heterocycles. The van der Waals surface area contributed by atoms with E-state index in [2.05, 4.69) is 67.2 Å². The fourth-order valence-corrected chi connectivity index (χ4v) is 4.30. The second-order valence-electron chi connectivity index (χ2n) is 22.5. The zero-order valence-corrected chi connectivity index (χ0v) is 50.0. The maximum atomic E-state index is 12.2. The number of carboxylic acids is 2. The number of hydrazine groups is 2. The predicted octanol–water partition coefficient (Wildman–Crippen LogP) is 7.16. The lowest BCUT2D eigenvalue weighted by Crippen LogP contribution is -2.53. The van der Waals surface area contributed by atoms with Gasteiger partial charge in [0.2, 0.25) is 11.1 Å². The molecule has 77 heavy (non-hydrogen) atoms. The second-order valence-corrected chi connectivity index (χ2v) is 23.8. The third-order valence-electron chi connectivity index (χ3n) is 10.1. The number of nitrogens with one attached hydrogen (secondary N) is 3. The highest BCUT2D eigenvalue weighted by Gasteiger charge is 2.44. The Hall–Kier alpha value is -3.82. The molecule has 25 heteroatoms. The molecule has 2 aromatic rings. The lowest BCUT2D eigenvalue weighted by molar-refractivity contribution is -0.280. The first-order valence-corrected chi connectivity index (χ1v) is 25.0. The molecule has 0 spiro atoms. The number of anilines is 2. The Morgan fingerprint density at radius 3 is 1.03 bits per heavy atom. The van der Waals surface area contributed by atoms with E-state index in [1.165, 1.54) is 6.92 Å². The van der Waals surface area contributed by atoms with E-state index in [1.807, 2.05) is 95.3 Å². The summed E-state index contributed by atoms with van der Waals surface area (Å²) >= 11 is 14.2. The van der Waals surface area contributed by atoms with Crippen molar-refractivity contribution in [2.24, 2.45) is 38.3 Å². The van der Waals surface area contributed by atoms with E-state index in [9.17, 15) is 19.2 Å². The number of aliphatic hydroxyl groups excluding tert-OH is 4. The molecule has 448 valence electrons. The number of hydrogen-bond acceptors (Lipinski definition) is 18. The molecule has 5 rings (SSSR count). The largest absolute Gasteiger partial charge is 0.481 e. The Kier molecular flexibility index (Phi) is 37.7. The van der Waals surface area contributed by atoms with Gasteiger partial charge in [-0.2, -0.15) is 0 Å². The number of carboxylic acid groups (broad SMARTS) is 2. The lowest BCUT2D eigenvalue weighted by atomic mass is 9.91. The second kappa shape index (κ2) is 36.4. The minimum atomic E-state index is -1.39. The number of carbonyl (C=O) groups excluding carboxylic acids is 3. The fourth-order valence-electron chi connectivity index (χ4n) is 4.19. The maximum absolute atomic E-state index is 12.2. The highest BCUT2D eigenvalue weighted by Crippen LogP contribution is 2.32. The number of hydrogen-bond donors (Lipinski definition) is 10. The lowest BCUT2D eigenvalue weighted by Gasteiger charge is -2.40. The Bertz CT molecular complexity index is 1900. The van der Waals surface area contributed by atoms with Crippen LogP contribution in [0.15, 0.2) is 60.7 Å². The van der Waals surface area contributed by atoms with E-state index in [-0.39, 0.29) is 43.2 Å². The Balaban J connectivity index is -0.000000412. The first-order valence-electron chi connectivity index (χ1n) is 23.9. The minimum absolute atomic E-state index is 0. The number of nitrogens with two attached hydrogens (primary N) is 1. The van der Waals surface area contributed by atoms with E-state index < -0.39 is 74.1 Å². The van der Waals surface area contributed by atoms with Crippen LogP contribution in [0.4, 0.5) is 16.2 Å². The topological polar surface area (TPSA) is 356 Å². The Morgan fingerprint density at radius 2 is 0.818 bits per heavy atom. The number of aliphatic carboxylic acids is 2. The molecule has 3 fully saturated rings. The van der Waals surface area contributed by atoms with Crippen LogP contribution in [0.2, 0.25) is 0 Å². The minimum Gasteiger partial charge on any atom is -0.481 e. The van der Waals surface area contributed by atoms with Crippen molar-refractivity contribution in [1.29, 1.82) is 0 Å². The SMILES string of the molecule is CC(C)(C)C.CC(C)(CO)CO.CC(CO)(CO)C(=O)O.CC1(C)OCC(C)(C(=O)Cl)CO1.CC1(C)OCC(C)(C(=O)NNc2ccccc2)CO1.CC1(C)OCC(C)(C(=O)O)CO1.NNc1ccccc1.O.O=C(Cl)Cl. The molecule has 22 nitrogen and oxygen atoms in total. The summed E-state index contributed by atoms with van der Waals surface area (Å²) < 4.78 is 31.3. The number of benzene rings is 2. The third-order valence-corrected chi connectivity index (χ3v) is 10.5. The van der Waals surface area contributed by atoms with Crippen LogP contribution >= 0.6 is 34.8 Å². The van der Waals surface area contributed by atoms with Crippen molar-refractivity contribution in [2.45, 2.75) is 128 Å². The monoisotopic (exact) mass is 1160 g/mol. The van der Waals surface area contributed by atoms with Crippen LogP contribution in [0.5, 0.6) is 0 Å². The summed E-state index contributed by atoms with van der Waals surface area (Å²) in [6.07, 6.45) is 0. The van der Waals surface area contributed by atoms with Gasteiger partial charge in [-0.15, -0.1) is 0 Å². The molecule has 2 aromatic carbocycles. The number of rotatable bonds is 11. The number of halogens is 3. The van der Waals surface area contributed by atoms with Crippen LogP contribution < -0.4 is 22.1 Å². The first-order chi connectivity index (χ1) is 34.5. The van der Waals surface area contributed by atoms with Gasteiger partial charge in [-0.25, -0.2) is 0 Å². The van der Waals surface area contributed by atoms with E-state index in [4.69, 9.17) is 81.3 Å². The van der Waals surface area contributed by atoms with Crippen molar-refractivity contribution < 1.29 is 88.5 Å². The average Bonchev–Trinajstić information content (AvgIpc) is 3.34. The van der Waals surface area contributed by atoms with Gasteiger partial charge in [-0.05, 0) is 134 Å². The number of ether oxygens (including phenoxy) is 6. The maximum Gasteiger partial charge on any atom is 0.314 e. The van der Waals surface area contributed by atoms with Gasteiger partial charge in [0.05, 0.1) is 82.6 Å². The molecule has 3 saturated heterocycles. The van der Waals surface area contributed by atoms with Crippen LogP contribution in [0.3, 0.4) is 0 Å². The summed E-state index contributed by atoms with van der Waals surface area (Å²) in [5.41, 5.74) is 6.41.